The second kappa shape index (κ2) is 12.3. The summed E-state index contributed by atoms with van der Waals surface area (Å²) in [7, 11) is 1.21. The molecule has 0 fully saturated rings. The first kappa shape index (κ1) is 22.9. The van der Waals surface area contributed by atoms with E-state index in [-0.39, 0.29) is 26.1 Å². The number of nitrogens with one attached hydrogen (secondary N) is 1. The van der Waals surface area contributed by atoms with E-state index in [9.17, 15) is 19.6 Å². The minimum atomic E-state index is -0.954. The number of aliphatic carboxylic acids is 1. The zero-order valence-corrected chi connectivity index (χ0v) is 16.0. The van der Waals surface area contributed by atoms with Gasteiger partial charge in [0.25, 0.3) is 0 Å². The fraction of sp³-hybridized carbons (Fsp3) is 0.474. The van der Waals surface area contributed by atoms with Gasteiger partial charge in [0, 0.05) is 6.42 Å². The molecular weight excluding hydrogens is 366 g/mol. The molecule has 0 aromatic heterocycles. The number of nitrogens with zero attached hydrogens (tertiary/aromatic N) is 2. The third-order valence-electron chi connectivity index (χ3n) is 3.94. The van der Waals surface area contributed by atoms with Crippen LogP contribution in [-0.2, 0) is 25.7 Å². The van der Waals surface area contributed by atoms with Gasteiger partial charge in [-0.05, 0) is 25.5 Å². The largest absolute Gasteiger partial charge is 0.481 e. The average molecular weight is 391 g/mol. The maximum Gasteiger partial charge on any atom is 0.410 e. The molecule has 0 spiro atoms. The van der Waals surface area contributed by atoms with Gasteiger partial charge in [-0.2, -0.15) is 5.26 Å². The third kappa shape index (κ3) is 8.05. The molecule has 0 aliphatic carbocycles. The Morgan fingerprint density at radius 2 is 1.96 bits per heavy atom. The molecular formula is C19H25N3O6. The van der Waals surface area contributed by atoms with Crippen molar-refractivity contribution in [1.82, 2.24) is 10.2 Å². The highest BCUT2D eigenvalue weighted by Crippen LogP contribution is 2.09. The predicted molar refractivity (Wildman–Crippen MR) is 99.1 cm³/mol. The van der Waals surface area contributed by atoms with Crippen LogP contribution in [0.2, 0.25) is 0 Å². The van der Waals surface area contributed by atoms with E-state index >= 15 is 0 Å². The van der Waals surface area contributed by atoms with E-state index in [1.807, 2.05) is 24.3 Å². The van der Waals surface area contributed by atoms with Crippen molar-refractivity contribution in [3.05, 3.63) is 35.9 Å². The van der Waals surface area contributed by atoms with E-state index in [2.05, 4.69) is 10.1 Å². The fourth-order valence-corrected chi connectivity index (χ4v) is 2.35. The molecule has 2 atom stereocenters. The number of ether oxygens (including phenoxy) is 2. The topological polar surface area (TPSA) is 129 Å². The summed E-state index contributed by atoms with van der Waals surface area (Å²) < 4.78 is 9.96. The molecule has 0 saturated heterocycles. The normalized spacial score (nSPS) is 12.3. The summed E-state index contributed by atoms with van der Waals surface area (Å²) in [5.41, 5.74) is 0.783. The number of amides is 1. The number of carbonyl (C=O) groups excluding carboxylic acids is 2. The van der Waals surface area contributed by atoms with E-state index < -0.39 is 30.1 Å². The molecule has 1 amide bonds. The maximum absolute atomic E-state index is 12.5. The zero-order chi connectivity index (χ0) is 20.9. The Morgan fingerprint density at radius 3 is 2.54 bits per heavy atom. The second-order valence-corrected chi connectivity index (χ2v) is 6.02. The lowest BCUT2D eigenvalue weighted by Crippen LogP contribution is -2.50. The number of carboxylic acid groups (broad SMARTS) is 1. The van der Waals surface area contributed by atoms with Crippen molar-refractivity contribution in [1.29, 1.82) is 5.26 Å². The van der Waals surface area contributed by atoms with Crippen molar-refractivity contribution in [2.24, 2.45) is 0 Å². The minimum absolute atomic E-state index is 0.0212. The Kier molecular flexibility index (Phi) is 10.1. The van der Waals surface area contributed by atoms with Gasteiger partial charge < -0.3 is 19.9 Å². The summed E-state index contributed by atoms with van der Waals surface area (Å²) in [6, 6.07) is 9.30. The van der Waals surface area contributed by atoms with Crippen molar-refractivity contribution < 1.29 is 29.0 Å². The Hall–Kier alpha value is -3.12. The number of hydrogen-bond acceptors (Lipinski definition) is 7. The maximum atomic E-state index is 12.5. The van der Waals surface area contributed by atoms with Crippen LogP contribution >= 0.6 is 0 Å². The lowest BCUT2D eigenvalue weighted by atomic mass is 10.2. The summed E-state index contributed by atoms with van der Waals surface area (Å²) in [5.74, 6) is -1.57. The molecule has 0 aliphatic rings. The van der Waals surface area contributed by atoms with E-state index in [1.54, 1.807) is 12.1 Å². The fourth-order valence-electron chi connectivity index (χ4n) is 2.35. The average Bonchev–Trinajstić information content (AvgIpc) is 2.71. The van der Waals surface area contributed by atoms with Gasteiger partial charge in [-0.1, -0.05) is 30.3 Å². The highest BCUT2D eigenvalue weighted by Gasteiger charge is 2.30. The Balaban J connectivity index is 2.74. The lowest BCUT2D eigenvalue weighted by Gasteiger charge is -2.28. The molecule has 1 rings (SSSR count). The molecule has 0 heterocycles. The molecule has 9 nitrogen and oxygen atoms in total. The number of methoxy groups -OCH3 is 1. The molecule has 0 radical (unpaired) electrons. The third-order valence-corrected chi connectivity index (χ3v) is 3.94. The van der Waals surface area contributed by atoms with Crippen LogP contribution < -0.4 is 5.32 Å². The van der Waals surface area contributed by atoms with Gasteiger partial charge in [0.2, 0.25) is 0 Å². The quantitative estimate of drug-likeness (QED) is 0.429. The summed E-state index contributed by atoms with van der Waals surface area (Å²) >= 11 is 0. The molecule has 1 aromatic rings. The van der Waals surface area contributed by atoms with Crippen LogP contribution in [0.5, 0.6) is 0 Å². The van der Waals surface area contributed by atoms with Gasteiger partial charge in [0.1, 0.15) is 18.7 Å². The van der Waals surface area contributed by atoms with Gasteiger partial charge >= 0.3 is 18.0 Å². The van der Waals surface area contributed by atoms with Crippen molar-refractivity contribution in [2.45, 2.75) is 38.5 Å². The molecule has 28 heavy (non-hydrogen) atoms. The Morgan fingerprint density at radius 1 is 1.29 bits per heavy atom. The smallest absolute Gasteiger partial charge is 0.410 e. The minimum Gasteiger partial charge on any atom is -0.481 e. The SMILES string of the molecule is COC(=O)[C@H](C)N(CC(C#N)NCCCC(=O)O)C(=O)OCc1ccccc1. The van der Waals surface area contributed by atoms with Crippen LogP contribution in [0.4, 0.5) is 4.79 Å². The predicted octanol–water partition coefficient (Wildman–Crippen LogP) is 1.53. The number of esters is 1. The number of rotatable bonds is 11. The number of nitriles is 1. The highest BCUT2D eigenvalue weighted by molar-refractivity contribution is 5.81. The van der Waals surface area contributed by atoms with Crippen molar-refractivity contribution in [3.63, 3.8) is 0 Å². The number of benzene rings is 1. The van der Waals surface area contributed by atoms with Gasteiger partial charge in [-0.15, -0.1) is 0 Å². The summed E-state index contributed by atoms with van der Waals surface area (Å²) in [4.78, 5) is 36.1. The molecule has 0 aliphatic heterocycles. The molecule has 0 saturated carbocycles. The number of hydrogen-bond donors (Lipinski definition) is 2. The van der Waals surface area contributed by atoms with Gasteiger partial charge in [0.15, 0.2) is 0 Å². The van der Waals surface area contributed by atoms with Crippen LogP contribution in [0.1, 0.15) is 25.3 Å². The van der Waals surface area contributed by atoms with Gasteiger partial charge in [0.05, 0.1) is 19.7 Å². The van der Waals surface area contributed by atoms with Crippen molar-refractivity contribution in [2.75, 3.05) is 20.2 Å². The standard InChI is InChI=1S/C19H25N3O6/c1-14(18(25)27-2)22(12-16(11-20)21-10-6-9-17(23)24)19(26)28-13-15-7-4-3-5-8-15/h3-5,7-8,14,16,21H,6,9-10,12-13H2,1-2H3,(H,23,24)/t14-,16?/m0/s1. The molecule has 2 N–H and O–H groups in total. The lowest BCUT2D eigenvalue weighted by molar-refractivity contribution is -0.145. The van der Waals surface area contributed by atoms with E-state index in [0.717, 1.165) is 10.5 Å². The van der Waals surface area contributed by atoms with Crippen molar-refractivity contribution >= 4 is 18.0 Å². The first-order chi connectivity index (χ1) is 13.4. The van der Waals surface area contributed by atoms with Crippen LogP contribution in [-0.4, -0.2) is 60.3 Å². The zero-order valence-electron chi connectivity index (χ0n) is 16.0. The first-order valence-corrected chi connectivity index (χ1v) is 8.79. The number of carboxylic acids is 1. The van der Waals surface area contributed by atoms with E-state index in [0.29, 0.717) is 6.42 Å². The summed E-state index contributed by atoms with van der Waals surface area (Å²) in [6.07, 6.45) is -0.459. The number of carbonyl (C=O) groups is 3. The van der Waals surface area contributed by atoms with Crippen LogP contribution in [0.25, 0.3) is 0 Å². The molecule has 152 valence electrons. The second-order valence-electron chi connectivity index (χ2n) is 6.02. The molecule has 0 bridgehead atoms. The Labute approximate surface area is 163 Å². The molecule has 1 unspecified atom stereocenters. The van der Waals surface area contributed by atoms with Crippen LogP contribution in [0.3, 0.4) is 0 Å². The highest BCUT2D eigenvalue weighted by atomic mass is 16.6. The monoisotopic (exact) mass is 391 g/mol. The van der Waals surface area contributed by atoms with E-state index in [4.69, 9.17) is 9.84 Å². The summed E-state index contributed by atoms with van der Waals surface area (Å²) in [5, 5.41) is 20.9. The first-order valence-electron chi connectivity index (χ1n) is 8.79. The Bertz CT molecular complexity index is 689. The van der Waals surface area contributed by atoms with E-state index in [1.165, 1.54) is 14.0 Å². The molecule has 1 aromatic carbocycles. The summed E-state index contributed by atoms with van der Waals surface area (Å²) in [6.45, 7) is 1.67. The van der Waals surface area contributed by atoms with Crippen LogP contribution in [0.15, 0.2) is 30.3 Å². The van der Waals surface area contributed by atoms with Gasteiger partial charge in [-0.25, -0.2) is 9.59 Å². The van der Waals surface area contributed by atoms with Crippen molar-refractivity contribution in [3.8, 4) is 6.07 Å². The van der Waals surface area contributed by atoms with Crippen LogP contribution in [0, 0.1) is 11.3 Å². The molecule has 9 heteroatoms. The van der Waals surface area contributed by atoms with Gasteiger partial charge in [-0.3, -0.25) is 9.69 Å².